The Balaban J connectivity index is 1.08. The van der Waals surface area contributed by atoms with Gasteiger partial charge in [-0.1, -0.05) is 24.3 Å². The zero-order valence-electron chi connectivity index (χ0n) is 24.7. The van der Waals surface area contributed by atoms with Crippen molar-refractivity contribution in [3.63, 3.8) is 0 Å². The van der Waals surface area contributed by atoms with Gasteiger partial charge in [0.05, 0.1) is 47.1 Å². The van der Waals surface area contributed by atoms with Crippen LogP contribution in [-0.4, -0.2) is 69.6 Å². The first kappa shape index (κ1) is 28.0. The van der Waals surface area contributed by atoms with E-state index in [1.807, 2.05) is 73.9 Å². The lowest BCUT2D eigenvalue weighted by Crippen LogP contribution is -2.38. The molecule has 0 radical (unpaired) electrons. The zero-order chi connectivity index (χ0) is 30.1. The van der Waals surface area contributed by atoms with Crippen molar-refractivity contribution in [2.75, 3.05) is 50.5 Å². The number of rotatable bonds is 9. The van der Waals surface area contributed by atoms with Crippen LogP contribution in [0.3, 0.4) is 0 Å². The number of aromatic nitrogens is 4. The van der Waals surface area contributed by atoms with Crippen molar-refractivity contribution in [3.05, 3.63) is 102 Å². The van der Waals surface area contributed by atoms with Gasteiger partial charge in [0.15, 0.2) is 0 Å². The van der Waals surface area contributed by atoms with Crippen LogP contribution in [-0.2, 0) is 10.2 Å². The normalized spacial score (nSPS) is 16.1. The Morgan fingerprint density at radius 1 is 1.05 bits per heavy atom. The van der Waals surface area contributed by atoms with Crippen molar-refractivity contribution in [2.45, 2.75) is 25.2 Å². The number of para-hydroxylation sites is 2. The molecule has 1 amide bonds. The van der Waals surface area contributed by atoms with Gasteiger partial charge in [-0.05, 0) is 61.7 Å². The van der Waals surface area contributed by atoms with Gasteiger partial charge in [0, 0.05) is 43.7 Å². The maximum atomic E-state index is 12.9. The van der Waals surface area contributed by atoms with Crippen LogP contribution in [0.4, 0.5) is 11.4 Å². The number of carbonyl (C=O) groups excluding carboxylic acids is 1. The van der Waals surface area contributed by atoms with E-state index in [9.17, 15) is 4.79 Å². The summed E-state index contributed by atoms with van der Waals surface area (Å²) < 4.78 is 13.5. The fourth-order valence-electron chi connectivity index (χ4n) is 5.89. The number of nitrogens with one attached hydrogen (secondary N) is 1. The summed E-state index contributed by atoms with van der Waals surface area (Å²) in [4.78, 5) is 29.8. The van der Waals surface area contributed by atoms with Crippen LogP contribution in [0, 0.1) is 6.92 Å². The van der Waals surface area contributed by atoms with Crippen LogP contribution >= 0.6 is 0 Å². The number of nitrogens with two attached hydrogens (primary N) is 1. The van der Waals surface area contributed by atoms with Gasteiger partial charge in [0.2, 0.25) is 0 Å². The standard InChI is InChI=1S/C34H35N7O3/c1-23-31(41-15-11-26(22-30(41)37-23)44-21-18-40-16-19-43-20-17-40)29-10-14-36-33(39-29)34(12-13-34)25-8-6-24(7-9-25)32(42)38-28-5-3-2-4-27(28)35/h2-11,14-15,22H,12-13,16-21,35H2,1H3,(H,38,42). The molecule has 1 saturated heterocycles. The molecule has 2 aromatic carbocycles. The van der Waals surface area contributed by atoms with E-state index in [0.29, 0.717) is 23.5 Å². The topological polar surface area (TPSA) is 120 Å². The third-order valence-electron chi connectivity index (χ3n) is 8.54. The smallest absolute Gasteiger partial charge is 0.255 e. The second kappa shape index (κ2) is 11.7. The van der Waals surface area contributed by atoms with E-state index in [-0.39, 0.29) is 11.3 Å². The average Bonchev–Trinajstić information content (AvgIpc) is 3.80. The second-order valence-corrected chi connectivity index (χ2v) is 11.4. The Hall–Kier alpha value is -4.80. The van der Waals surface area contributed by atoms with Gasteiger partial charge in [0.1, 0.15) is 23.8 Å². The number of benzene rings is 2. The molecule has 10 nitrogen and oxygen atoms in total. The maximum Gasteiger partial charge on any atom is 0.255 e. The second-order valence-electron chi connectivity index (χ2n) is 11.4. The number of carbonyl (C=O) groups is 1. The van der Waals surface area contributed by atoms with E-state index in [1.165, 1.54) is 0 Å². The third-order valence-corrected chi connectivity index (χ3v) is 8.54. The van der Waals surface area contributed by atoms with E-state index < -0.39 is 0 Å². The number of anilines is 2. The third kappa shape index (κ3) is 5.49. The first-order valence-corrected chi connectivity index (χ1v) is 15.0. The predicted octanol–water partition coefficient (Wildman–Crippen LogP) is 4.73. The monoisotopic (exact) mass is 589 g/mol. The van der Waals surface area contributed by atoms with Crippen molar-refractivity contribution in [2.24, 2.45) is 0 Å². The largest absolute Gasteiger partial charge is 0.492 e. The number of hydrogen-bond acceptors (Lipinski definition) is 8. The molecule has 0 atom stereocenters. The highest BCUT2D eigenvalue weighted by molar-refractivity contribution is 6.05. The molecule has 10 heteroatoms. The van der Waals surface area contributed by atoms with Gasteiger partial charge >= 0.3 is 0 Å². The molecule has 224 valence electrons. The minimum atomic E-state index is -0.273. The number of aryl methyl sites for hydroxylation is 1. The molecular formula is C34H35N7O3. The predicted molar refractivity (Wildman–Crippen MR) is 169 cm³/mol. The Kier molecular flexibility index (Phi) is 7.45. The summed E-state index contributed by atoms with van der Waals surface area (Å²) in [5.74, 6) is 1.37. The molecular weight excluding hydrogens is 554 g/mol. The number of nitrogen functional groups attached to an aromatic ring is 1. The fourth-order valence-corrected chi connectivity index (χ4v) is 5.89. The number of fused-ring (bicyclic) bond motifs is 1. The Morgan fingerprint density at radius 3 is 2.61 bits per heavy atom. The number of hydrogen-bond donors (Lipinski definition) is 2. The summed E-state index contributed by atoms with van der Waals surface area (Å²) in [6, 6.07) is 20.8. The summed E-state index contributed by atoms with van der Waals surface area (Å²) in [7, 11) is 0. The van der Waals surface area contributed by atoms with Gasteiger partial charge in [-0.25, -0.2) is 15.0 Å². The molecule has 5 aromatic rings. The van der Waals surface area contributed by atoms with Crippen molar-refractivity contribution in [1.82, 2.24) is 24.3 Å². The summed E-state index contributed by atoms with van der Waals surface area (Å²) >= 11 is 0. The molecule has 7 rings (SSSR count). The molecule has 0 spiro atoms. The van der Waals surface area contributed by atoms with Crippen LogP contribution in [0.5, 0.6) is 5.75 Å². The van der Waals surface area contributed by atoms with Crippen LogP contribution in [0.15, 0.2) is 79.1 Å². The summed E-state index contributed by atoms with van der Waals surface area (Å²) in [5, 5.41) is 2.89. The molecule has 1 aliphatic heterocycles. The lowest BCUT2D eigenvalue weighted by molar-refractivity contribution is 0.0322. The van der Waals surface area contributed by atoms with Crippen molar-refractivity contribution >= 4 is 22.9 Å². The number of imidazole rings is 1. The van der Waals surface area contributed by atoms with E-state index in [4.69, 9.17) is 30.2 Å². The number of amides is 1. The maximum absolute atomic E-state index is 12.9. The minimum absolute atomic E-state index is 0.203. The molecule has 0 unspecified atom stereocenters. The lowest BCUT2D eigenvalue weighted by atomic mass is 9.93. The number of ether oxygens (including phenoxy) is 2. The molecule has 2 aliphatic rings. The Labute approximate surface area is 255 Å². The first-order valence-electron chi connectivity index (χ1n) is 15.0. The molecule has 4 heterocycles. The van der Waals surface area contributed by atoms with Gasteiger partial charge in [-0.3, -0.25) is 14.1 Å². The quantitative estimate of drug-likeness (QED) is 0.237. The van der Waals surface area contributed by atoms with Gasteiger partial charge in [0.25, 0.3) is 5.91 Å². The molecule has 2 fully saturated rings. The number of morpholine rings is 1. The van der Waals surface area contributed by atoms with E-state index in [0.717, 1.165) is 85.6 Å². The summed E-state index contributed by atoms with van der Waals surface area (Å²) in [6.07, 6.45) is 5.71. The molecule has 3 aromatic heterocycles. The molecule has 44 heavy (non-hydrogen) atoms. The molecule has 1 saturated carbocycles. The van der Waals surface area contributed by atoms with Gasteiger partial charge in [-0.15, -0.1) is 0 Å². The van der Waals surface area contributed by atoms with Crippen LogP contribution in [0.1, 0.15) is 40.3 Å². The van der Waals surface area contributed by atoms with Gasteiger partial charge in [-0.2, -0.15) is 0 Å². The minimum Gasteiger partial charge on any atom is -0.492 e. The lowest BCUT2D eigenvalue weighted by Gasteiger charge is -2.26. The highest BCUT2D eigenvalue weighted by atomic mass is 16.5. The van der Waals surface area contributed by atoms with Crippen LogP contribution in [0.25, 0.3) is 17.0 Å². The molecule has 3 N–H and O–H groups in total. The van der Waals surface area contributed by atoms with Crippen molar-refractivity contribution in [1.29, 1.82) is 0 Å². The number of nitrogens with zero attached hydrogens (tertiary/aromatic N) is 5. The molecule has 1 aliphatic carbocycles. The average molecular weight is 590 g/mol. The van der Waals surface area contributed by atoms with E-state index >= 15 is 0 Å². The highest BCUT2D eigenvalue weighted by Gasteiger charge is 2.48. The van der Waals surface area contributed by atoms with Crippen molar-refractivity contribution in [3.8, 4) is 17.1 Å². The Bertz CT molecular complexity index is 1810. The van der Waals surface area contributed by atoms with E-state index in [2.05, 4.69) is 14.6 Å². The fraction of sp³-hybridized carbons (Fsp3) is 0.294. The zero-order valence-corrected chi connectivity index (χ0v) is 24.7. The summed E-state index contributed by atoms with van der Waals surface area (Å²) in [6.45, 7) is 6.95. The SMILES string of the molecule is Cc1nc2cc(OCCN3CCOCC3)ccn2c1-c1ccnc(C2(c3ccc(C(=O)Nc4ccccc4N)cc3)CC2)n1. The van der Waals surface area contributed by atoms with Crippen LogP contribution in [0.2, 0.25) is 0 Å². The highest BCUT2D eigenvalue weighted by Crippen LogP contribution is 2.52. The Morgan fingerprint density at radius 2 is 1.84 bits per heavy atom. The van der Waals surface area contributed by atoms with Gasteiger partial charge < -0.3 is 20.5 Å². The van der Waals surface area contributed by atoms with Crippen molar-refractivity contribution < 1.29 is 14.3 Å². The first-order chi connectivity index (χ1) is 21.5. The van der Waals surface area contributed by atoms with Crippen LogP contribution < -0.4 is 15.8 Å². The summed E-state index contributed by atoms with van der Waals surface area (Å²) in [5.41, 5.74) is 12.0. The molecule has 0 bridgehead atoms. The number of pyridine rings is 1. The van der Waals surface area contributed by atoms with E-state index in [1.54, 1.807) is 12.1 Å².